The van der Waals surface area contributed by atoms with Crippen LogP contribution in [0.2, 0.25) is 0 Å². The van der Waals surface area contributed by atoms with Gasteiger partial charge in [-0.3, -0.25) is 29.7 Å². The van der Waals surface area contributed by atoms with Crippen molar-refractivity contribution in [2.45, 2.75) is 19.3 Å². The molecule has 3 aromatic heterocycles. The van der Waals surface area contributed by atoms with Gasteiger partial charge in [-0.2, -0.15) is 16.8 Å². The van der Waals surface area contributed by atoms with Crippen LogP contribution in [0, 0.1) is 0 Å². The van der Waals surface area contributed by atoms with E-state index in [-0.39, 0.29) is 30.7 Å². The van der Waals surface area contributed by atoms with Crippen LogP contribution in [0.25, 0.3) is 0 Å². The standard InChI is InChI=1S/C19H19N9O6S3/c29-10-5-11(30)22-13(6-10)33-8-20-18-27-25-15(36-18)1-3-35-4-2-16-26-28-19(37-16)21-9-34-14-7-12(31)23-17(32)24-14/h6-7,9H,1-5,8H2,(H,20,27)(H,22,30)(H2,23,24,31,32). The molecule has 0 unspecified atom stereocenters. The van der Waals surface area contributed by atoms with E-state index < -0.39 is 17.2 Å². The summed E-state index contributed by atoms with van der Waals surface area (Å²) < 4.78 is 10.4. The van der Waals surface area contributed by atoms with Gasteiger partial charge in [0, 0.05) is 18.9 Å². The average molecular weight is 566 g/mol. The third-order valence-corrected chi connectivity index (χ3v) is 7.08. The number of aromatic nitrogens is 6. The lowest BCUT2D eigenvalue weighted by Crippen LogP contribution is -2.31. The summed E-state index contributed by atoms with van der Waals surface area (Å²) in [6.45, 7) is 0.0361. The maximum Gasteiger partial charge on any atom is 0.328 e. The first-order valence-corrected chi connectivity index (χ1v) is 13.4. The van der Waals surface area contributed by atoms with Crippen molar-refractivity contribution < 1.29 is 19.1 Å². The topological polar surface area (TPSA) is 206 Å². The van der Waals surface area contributed by atoms with Crippen molar-refractivity contribution in [2.24, 2.45) is 4.99 Å². The number of ketones is 1. The summed E-state index contributed by atoms with van der Waals surface area (Å²) in [5.74, 6) is 1.06. The fourth-order valence-electron chi connectivity index (χ4n) is 2.71. The predicted octanol–water partition coefficient (Wildman–Crippen LogP) is 0.340. The largest absolute Gasteiger partial charge is 0.458 e. The molecule has 0 bridgehead atoms. The van der Waals surface area contributed by atoms with E-state index in [2.05, 4.69) is 41.0 Å². The summed E-state index contributed by atoms with van der Waals surface area (Å²) in [7, 11) is 0. The Balaban J connectivity index is 1.10. The Morgan fingerprint density at radius 1 is 1.05 bits per heavy atom. The number of amides is 1. The Kier molecular flexibility index (Phi) is 9.11. The molecule has 4 heterocycles. The number of aryl methyl sites for hydroxylation is 2. The molecule has 4 N–H and O–H groups in total. The molecule has 0 saturated carbocycles. The van der Waals surface area contributed by atoms with Crippen molar-refractivity contribution in [3.63, 3.8) is 0 Å². The second kappa shape index (κ2) is 12.9. The number of allylic oxidation sites excluding steroid dienone is 1. The highest BCUT2D eigenvalue weighted by Crippen LogP contribution is 2.21. The van der Waals surface area contributed by atoms with Crippen LogP contribution < -0.4 is 26.6 Å². The van der Waals surface area contributed by atoms with E-state index in [1.54, 1.807) is 11.8 Å². The van der Waals surface area contributed by atoms with Crippen molar-refractivity contribution >= 4 is 62.8 Å². The number of hydrogen-bond acceptors (Lipinski definition) is 15. The SMILES string of the molecule is O=C1C=C(OCNc2nnc(CCSCCc3nnc(N=COc4cc(=O)[nH]c(=O)[nH]4)s3)s2)NC(=O)C1. The number of ether oxygens (including phenoxy) is 2. The van der Waals surface area contributed by atoms with Gasteiger partial charge in [-0.1, -0.05) is 22.7 Å². The van der Waals surface area contributed by atoms with Gasteiger partial charge < -0.3 is 14.8 Å². The Morgan fingerprint density at radius 2 is 1.84 bits per heavy atom. The number of aliphatic imine (C=N–C) groups is 1. The maximum atomic E-state index is 11.4. The zero-order chi connectivity index (χ0) is 26.0. The Hall–Kier alpha value is -3.90. The number of hydrogen-bond donors (Lipinski definition) is 4. The monoisotopic (exact) mass is 565 g/mol. The van der Waals surface area contributed by atoms with E-state index in [9.17, 15) is 19.2 Å². The van der Waals surface area contributed by atoms with E-state index >= 15 is 0 Å². The van der Waals surface area contributed by atoms with Crippen LogP contribution in [-0.4, -0.2) is 66.7 Å². The zero-order valence-corrected chi connectivity index (χ0v) is 21.3. The molecule has 0 saturated heterocycles. The highest BCUT2D eigenvalue weighted by Gasteiger charge is 2.17. The summed E-state index contributed by atoms with van der Waals surface area (Å²) in [6.07, 6.45) is 3.61. The van der Waals surface area contributed by atoms with Crippen LogP contribution in [0.1, 0.15) is 16.4 Å². The molecule has 15 nitrogen and oxygen atoms in total. The van der Waals surface area contributed by atoms with Gasteiger partial charge in [-0.15, -0.1) is 20.4 Å². The molecular formula is C19H19N9O6S3. The summed E-state index contributed by atoms with van der Waals surface area (Å²) in [6, 6.07) is 1.09. The Labute approximate surface area is 219 Å². The fourth-order valence-corrected chi connectivity index (χ4v) is 5.24. The highest BCUT2D eigenvalue weighted by atomic mass is 32.2. The molecule has 1 aliphatic heterocycles. The summed E-state index contributed by atoms with van der Waals surface area (Å²) in [4.78, 5) is 53.5. The molecule has 37 heavy (non-hydrogen) atoms. The molecule has 1 aliphatic rings. The molecule has 4 rings (SSSR count). The third kappa shape index (κ3) is 8.62. The number of carbonyl (C=O) groups is 2. The minimum atomic E-state index is -0.676. The quantitative estimate of drug-likeness (QED) is 0.0728. The number of carbonyl (C=O) groups excluding carboxylic acids is 2. The lowest BCUT2D eigenvalue weighted by atomic mass is 10.2. The predicted molar refractivity (Wildman–Crippen MR) is 136 cm³/mol. The Morgan fingerprint density at radius 3 is 2.62 bits per heavy atom. The first-order valence-electron chi connectivity index (χ1n) is 10.6. The van der Waals surface area contributed by atoms with Crippen LogP contribution in [0.15, 0.2) is 32.6 Å². The van der Waals surface area contributed by atoms with Gasteiger partial charge in [0.25, 0.3) is 5.56 Å². The lowest BCUT2D eigenvalue weighted by Gasteiger charge is -2.14. The number of H-pyrrole nitrogens is 2. The number of anilines is 1. The molecule has 0 radical (unpaired) electrons. The van der Waals surface area contributed by atoms with Crippen molar-refractivity contribution in [3.8, 4) is 5.88 Å². The van der Waals surface area contributed by atoms with Gasteiger partial charge in [-0.05, 0) is 11.5 Å². The van der Waals surface area contributed by atoms with E-state index in [4.69, 9.17) is 9.47 Å². The van der Waals surface area contributed by atoms with Crippen LogP contribution in [0.3, 0.4) is 0 Å². The number of thioether (sulfide) groups is 1. The minimum Gasteiger partial charge on any atom is -0.458 e. The van der Waals surface area contributed by atoms with E-state index in [1.807, 2.05) is 4.98 Å². The Bertz CT molecular complexity index is 1400. The van der Waals surface area contributed by atoms with Crippen molar-refractivity contribution in [1.29, 1.82) is 0 Å². The smallest absolute Gasteiger partial charge is 0.328 e. The number of nitrogens with one attached hydrogen (secondary N) is 4. The van der Waals surface area contributed by atoms with Gasteiger partial charge >= 0.3 is 5.69 Å². The second-order valence-electron chi connectivity index (χ2n) is 7.06. The normalized spacial score (nSPS) is 13.5. The average Bonchev–Trinajstić information content (AvgIpc) is 3.47. The van der Waals surface area contributed by atoms with Crippen molar-refractivity contribution in [2.75, 3.05) is 23.6 Å². The number of rotatable bonds is 13. The third-order valence-electron chi connectivity index (χ3n) is 4.26. The molecule has 0 spiro atoms. The van der Waals surface area contributed by atoms with Crippen LogP contribution in [-0.2, 0) is 27.2 Å². The highest BCUT2D eigenvalue weighted by molar-refractivity contribution is 7.99. The van der Waals surface area contributed by atoms with Crippen LogP contribution in [0.5, 0.6) is 5.88 Å². The zero-order valence-electron chi connectivity index (χ0n) is 18.9. The molecule has 0 fully saturated rings. The molecule has 1 amide bonds. The first-order chi connectivity index (χ1) is 17.9. The van der Waals surface area contributed by atoms with Gasteiger partial charge in [0.15, 0.2) is 24.8 Å². The molecular weight excluding hydrogens is 546 g/mol. The summed E-state index contributed by atoms with van der Waals surface area (Å²) >= 11 is 4.45. The van der Waals surface area contributed by atoms with Crippen molar-refractivity contribution in [1.82, 2.24) is 35.7 Å². The van der Waals surface area contributed by atoms with Gasteiger partial charge in [0.2, 0.25) is 22.1 Å². The van der Waals surface area contributed by atoms with E-state index in [1.165, 1.54) is 28.7 Å². The van der Waals surface area contributed by atoms with Gasteiger partial charge in [0.05, 0.1) is 12.5 Å². The van der Waals surface area contributed by atoms with Gasteiger partial charge in [-0.25, -0.2) is 4.79 Å². The van der Waals surface area contributed by atoms with Crippen LogP contribution >= 0.6 is 34.4 Å². The van der Waals surface area contributed by atoms with Gasteiger partial charge in [0.1, 0.15) is 10.0 Å². The maximum absolute atomic E-state index is 11.4. The summed E-state index contributed by atoms with van der Waals surface area (Å²) in [5.41, 5.74) is -1.26. The van der Waals surface area contributed by atoms with E-state index in [0.29, 0.717) is 10.3 Å². The first kappa shape index (κ1) is 26.2. The molecule has 194 valence electrons. The minimum absolute atomic E-state index is 0.0323. The van der Waals surface area contributed by atoms with Crippen molar-refractivity contribution in [3.05, 3.63) is 48.9 Å². The van der Waals surface area contributed by atoms with E-state index in [0.717, 1.165) is 46.8 Å². The van der Waals surface area contributed by atoms with Crippen LogP contribution in [0.4, 0.5) is 10.3 Å². The second-order valence-corrected chi connectivity index (χ2v) is 10.4. The molecule has 0 aromatic carbocycles. The fraction of sp³-hybridized carbons (Fsp3) is 0.316. The molecule has 0 atom stereocenters. The number of nitrogens with zero attached hydrogens (tertiary/aromatic N) is 5. The lowest BCUT2D eigenvalue weighted by molar-refractivity contribution is -0.127. The summed E-state index contributed by atoms with van der Waals surface area (Å²) in [5, 5.41) is 24.3. The number of aromatic amines is 2. The molecule has 0 aliphatic carbocycles. The molecule has 18 heteroatoms. The molecule has 3 aromatic rings.